The number of methoxy groups -OCH3 is 1. The first-order chi connectivity index (χ1) is 14.6. The van der Waals surface area contributed by atoms with E-state index in [4.69, 9.17) is 4.74 Å². The van der Waals surface area contributed by atoms with Gasteiger partial charge in [0.05, 0.1) is 7.11 Å². The van der Waals surface area contributed by atoms with E-state index in [1.807, 2.05) is 30.3 Å². The minimum Gasteiger partial charge on any atom is -0.465 e. The molecule has 0 radical (unpaired) electrons. The first-order valence-electron chi connectivity index (χ1n) is 10.8. The molecular weight excluding hydrogens is 378 g/mol. The highest BCUT2D eigenvalue weighted by molar-refractivity contribution is 5.91. The first kappa shape index (κ1) is 20.4. The van der Waals surface area contributed by atoms with Crippen molar-refractivity contribution in [2.24, 2.45) is 0 Å². The Balaban J connectivity index is 1.40. The average molecular weight is 409 g/mol. The van der Waals surface area contributed by atoms with Crippen molar-refractivity contribution in [3.63, 3.8) is 0 Å². The number of carbonyl (C=O) groups is 2. The summed E-state index contributed by atoms with van der Waals surface area (Å²) in [6.07, 6.45) is 4.37. The minimum absolute atomic E-state index is 0.0935. The molecule has 2 N–H and O–H groups in total. The number of piperidine rings is 1. The second kappa shape index (κ2) is 9.30. The van der Waals surface area contributed by atoms with Crippen LogP contribution in [-0.2, 0) is 27.3 Å². The molecule has 1 unspecified atom stereocenters. The van der Waals surface area contributed by atoms with Crippen LogP contribution in [0.4, 0.5) is 11.4 Å². The molecule has 158 valence electrons. The maximum atomic E-state index is 12.7. The molecule has 1 saturated heterocycles. The lowest BCUT2D eigenvalue weighted by molar-refractivity contribution is -0.924. The molecule has 4 rings (SSSR count). The zero-order chi connectivity index (χ0) is 20.9. The first-order valence-corrected chi connectivity index (χ1v) is 10.8. The van der Waals surface area contributed by atoms with Gasteiger partial charge in [-0.05, 0) is 49.1 Å². The van der Waals surface area contributed by atoms with Crippen LogP contribution in [0.5, 0.6) is 0 Å². The van der Waals surface area contributed by atoms with Gasteiger partial charge in [-0.15, -0.1) is 0 Å². The van der Waals surface area contributed by atoms with Crippen molar-refractivity contribution in [2.75, 3.05) is 37.0 Å². The maximum Gasteiger partial charge on any atom is 0.365 e. The van der Waals surface area contributed by atoms with Gasteiger partial charge in [0.25, 0.3) is 5.91 Å². The Kier molecular flexibility index (Phi) is 6.33. The number of nitrogens with zero attached hydrogens (tertiary/aromatic N) is 1. The van der Waals surface area contributed by atoms with Crippen molar-refractivity contribution in [3.05, 3.63) is 59.7 Å². The molecule has 6 nitrogen and oxygen atoms in total. The van der Waals surface area contributed by atoms with Crippen LogP contribution in [0, 0.1) is 0 Å². The molecule has 0 saturated carbocycles. The van der Waals surface area contributed by atoms with Crippen molar-refractivity contribution in [1.82, 2.24) is 0 Å². The standard InChI is InChI=1S/C24H29N3O3/c1-30-24(29)22-15-18-7-3-4-8-19(18)16-27(22)17-23(28)25-20-9-11-21(12-10-20)26-13-5-2-6-14-26/h3-4,7-12,22H,2,5-6,13-17H2,1H3,(H,25,28)/p+1/t22-/m0/s1. The summed E-state index contributed by atoms with van der Waals surface area (Å²) in [5.74, 6) is -0.359. The molecular formula is C24H30N3O3+. The zero-order valence-electron chi connectivity index (χ0n) is 17.5. The molecule has 1 amide bonds. The monoisotopic (exact) mass is 408 g/mol. The molecule has 2 aliphatic heterocycles. The Hall–Kier alpha value is -2.86. The van der Waals surface area contributed by atoms with Gasteiger partial charge in [0.1, 0.15) is 6.54 Å². The normalized spacial score (nSPS) is 20.9. The van der Waals surface area contributed by atoms with E-state index in [-0.39, 0.29) is 24.5 Å². The maximum absolute atomic E-state index is 12.7. The van der Waals surface area contributed by atoms with E-state index in [0.29, 0.717) is 13.0 Å². The van der Waals surface area contributed by atoms with Crippen molar-refractivity contribution in [3.8, 4) is 0 Å². The predicted octanol–water partition coefficient (Wildman–Crippen LogP) is 1.80. The molecule has 6 heteroatoms. The van der Waals surface area contributed by atoms with Crippen LogP contribution in [0.2, 0.25) is 0 Å². The fourth-order valence-electron chi connectivity index (χ4n) is 4.56. The van der Waals surface area contributed by atoms with E-state index in [2.05, 4.69) is 28.4 Å². The fourth-order valence-corrected chi connectivity index (χ4v) is 4.56. The third-order valence-electron chi connectivity index (χ3n) is 6.20. The quantitative estimate of drug-likeness (QED) is 0.741. The van der Waals surface area contributed by atoms with Gasteiger partial charge in [-0.1, -0.05) is 24.3 Å². The summed E-state index contributed by atoms with van der Waals surface area (Å²) in [6, 6.07) is 15.8. The molecule has 1 fully saturated rings. The van der Waals surface area contributed by atoms with Crippen LogP contribution >= 0.6 is 0 Å². The van der Waals surface area contributed by atoms with E-state index >= 15 is 0 Å². The third kappa shape index (κ3) is 4.65. The number of nitrogens with one attached hydrogen (secondary N) is 2. The lowest BCUT2D eigenvalue weighted by Gasteiger charge is -2.31. The van der Waals surface area contributed by atoms with E-state index in [1.165, 1.54) is 37.6 Å². The molecule has 0 aliphatic carbocycles. The van der Waals surface area contributed by atoms with Gasteiger partial charge >= 0.3 is 5.97 Å². The summed E-state index contributed by atoms with van der Waals surface area (Å²) in [5, 5.41) is 2.99. The summed E-state index contributed by atoms with van der Waals surface area (Å²) >= 11 is 0. The number of carbonyl (C=O) groups excluding carboxylic acids is 2. The van der Waals surface area contributed by atoms with Crippen molar-refractivity contribution in [1.29, 1.82) is 0 Å². The van der Waals surface area contributed by atoms with Crippen LogP contribution in [0.15, 0.2) is 48.5 Å². The number of fused-ring (bicyclic) bond motifs is 1. The molecule has 30 heavy (non-hydrogen) atoms. The second-order valence-electron chi connectivity index (χ2n) is 8.20. The Labute approximate surface area is 177 Å². The van der Waals surface area contributed by atoms with Crippen LogP contribution in [0.1, 0.15) is 30.4 Å². The number of amides is 1. The van der Waals surface area contributed by atoms with Gasteiger partial charge in [0.2, 0.25) is 0 Å². The van der Waals surface area contributed by atoms with E-state index < -0.39 is 0 Å². The van der Waals surface area contributed by atoms with Gasteiger partial charge in [-0.3, -0.25) is 4.79 Å². The average Bonchev–Trinajstić information content (AvgIpc) is 2.79. The van der Waals surface area contributed by atoms with E-state index in [0.717, 1.165) is 29.2 Å². The zero-order valence-corrected chi connectivity index (χ0v) is 17.5. The summed E-state index contributed by atoms with van der Waals surface area (Å²) in [4.78, 5) is 28.4. The molecule has 2 aliphatic rings. The molecule has 0 bridgehead atoms. The van der Waals surface area contributed by atoms with Crippen LogP contribution < -0.4 is 15.1 Å². The lowest BCUT2D eigenvalue weighted by Crippen LogP contribution is -3.17. The number of hydrogen-bond acceptors (Lipinski definition) is 4. The van der Waals surface area contributed by atoms with Crippen molar-refractivity contribution in [2.45, 2.75) is 38.3 Å². The topological polar surface area (TPSA) is 63.1 Å². The van der Waals surface area contributed by atoms with Gasteiger partial charge in [0.15, 0.2) is 12.6 Å². The van der Waals surface area contributed by atoms with Crippen LogP contribution in [0.25, 0.3) is 0 Å². The Bertz CT molecular complexity index is 891. The Morgan fingerprint density at radius 1 is 1.03 bits per heavy atom. The van der Waals surface area contributed by atoms with Crippen molar-refractivity contribution >= 4 is 23.3 Å². The highest BCUT2D eigenvalue weighted by atomic mass is 16.5. The van der Waals surface area contributed by atoms with Crippen LogP contribution in [0.3, 0.4) is 0 Å². The van der Waals surface area contributed by atoms with Crippen LogP contribution in [-0.4, -0.2) is 44.7 Å². The molecule has 0 aromatic heterocycles. The second-order valence-corrected chi connectivity index (χ2v) is 8.20. The summed E-state index contributed by atoms with van der Waals surface area (Å²) in [5.41, 5.74) is 4.33. The van der Waals surface area contributed by atoms with Crippen molar-refractivity contribution < 1.29 is 19.2 Å². The largest absolute Gasteiger partial charge is 0.465 e. The molecule has 0 spiro atoms. The SMILES string of the molecule is COC(=O)[C@@H]1Cc2ccccc2C[NH+]1CC(=O)Nc1ccc(N2CCCCC2)cc1. The van der Waals surface area contributed by atoms with Gasteiger partial charge in [-0.2, -0.15) is 0 Å². The number of ether oxygens (including phenoxy) is 1. The Morgan fingerprint density at radius 2 is 1.73 bits per heavy atom. The Morgan fingerprint density at radius 3 is 2.43 bits per heavy atom. The number of hydrogen-bond donors (Lipinski definition) is 2. The van der Waals surface area contributed by atoms with Gasteiger partial charge in [-0.25, -0.2) is 4.79 Å². The number of quaternary nitrogens is 1. The number of rotatable bonds is 5. The highest BCUT2D eigenvalue weighted by Gasteiger charge is 2.37. The van der Waals surface area contributed by atoms with E-state index in [9.17, 15) is 9.59 Å². The fraction of sp³-hybridized carbons (Fsp3) is 0.417. The minimum atomic E-state index is -0.364. The summed E-state index contributed by atoms with van der Waals surface area (Å²) in [6.45, 7) is 3.06. The predicted molar refractivity (Wildman–Crippen MR) is 117 cm³/mol. The number of anilines is 2. The molecule has 2 aromatic carbocycles. The summed E-state index contributed by atoms with van der Waals surface area (Å²) < 4.78 is 5.01. The summed E-state index contributed by atoms with van der Waals surface area (Å²) in [7, 11) is 1.41. The molecule has 2 heterocycles. The number of benzene rings is 2. The third-order valence-corrected chi connectivity index (χ3v) is 6.20. The van der Waals surface area contributed by atoms with Gasteiger partial charge in [0, 0.05) is 36.4 Å². The number of esters is 1. The lowest BCUT2D eigenvalue weighted by atomic mass is 9.94. The molecule has 2 aromatic rings. The van der Waals surface area contributed by atoms with Gasteiger partial charge < -0.3 is 19.9 Å². The smallest absolute Gasteiger partial charge is 0.365 e. The highest BCUT2D eigenvalue weighted by Crippen LogP contribution is 2.21. The van der Waals surface area contributed by atoms with E-state index in [1.54, 1.807) is 0 Å². The molecule has 2 atom stereocenters.